The fourth-order valence-corrected chi connectivity index (χ4v) is 10.2. The van der Waals surface area contributed by atoms with E-state index in [0.29, 0.717) is 34.5 Å². The normalized spacial score (nSPS) is 12.7. The lowest BCUT2D eigenvalue weighted by Gasteiger charge is -2.38. The third-order valence-electron chi connectivity index (χ3n) is 6.39. The quantitative estimate of drug-likeness (QED) is 0.230. The molecule has 0 radical (unpaired) electrons. The van der Waals surface area contributed by atoms with Gasteiger partial charge in [-0.25, -0.2) is 0 Å². The van der Waals surface area contributed by atoms with E-state index in [0.717, 1.165) is 11.1 Å². The zero-order chi connectivity index (χ0) is 22.3. The van der Waals surface area contributed by atoms with Crippen molar-refractivity contribution in [1.82, 2.24) is 0 Å². The Morgan fingerprint density at radius 3 is 1.90 bits per heavy atom. The number of rotatable bonds is 8. The summed E-state index contributed by atoms with van der Waals surface area (Å²) in [5.41, 5.74) is 7.51. The van der Waals surface area contributed by atoms with E-state index in [2.05, 4.69) is 53.0 Å². The largest absolute Gasteiger partial charge is 0.294 e. The standard InChI is InChI=1S/C27H35ClOSi/c1-20(2)30(21(3)4,22(5)6)18-10-13-25(23-14-16-26(28)17-15-23)19-27(29)24-11-8-7-9-12-24/h7-9,11-12,14-17,20-22,25H,13,19H2,1-6H3. The van der Waals surface area contributed by atoms with Crippen LogP contribution in [0.25, 0.3) is 0 Å². The van der Waals surface area contributed by atoms with Crippen LogP contribution in [0.1, 0.15) is 76.2 Å². The van der Waals surface area contributed by atoms with Gasteiger partial charge in [-0.15, -0.1) is 11.5 Å². The number of halogens is 1. The van der Waals surface area contributed by atoms with Crippen molar-refractivity contribution in [1.29, 1.82) is 0 Å². The molecule has 0 aromatic heterocycles. The van der Waals surface area contributed by atoms with Crippen molar-refractivity contribution in [2.45, 2.75) is 76.9 Å². The molecule has 2 aromatic rings. The summed E-state index contributed by atoms with van der Waals surface area (Å²) in [6, 6.07) is 17.4. The molecule has 1 nitrogen and oxygen atoms in total. The van der Waals surface area contributed by atoms with Crippen LogP contribution in [0, 0.1) is 11.5 Å². The van der Waals surface area contributed by atoms with E-state index >= 15 is 0 Å². The summed E-state index contributed by atoms with van der Waals surface area (Å²) >= 11 is 6.10. The Kier molecular flexibility index (Phi) is 8.95. The minimum atomic E-state index is -1.78. The third-order valence-corrected chi connectivity index (χ3v) is 13.0. The lowest BCUT2D eigenvalue weighted by molar-refractivity contribution is 0.0974. The Morgan fingerprint density at radius 2 is 1.40 bits per heavy atom. The maximum Gasteiger partial charge on any atom is 0.163 e. The molecule has 1 unspecified atom stereocenters. The lowest BCUT2D eigenvalue weighted by atomic mass is 9.89. The van der Waals surface area contributed by atoms with Crippen LogP contribution >= 0.6 is 11.6 Å². The Morgan fingerprint density at radius 1 is 0.867 bits per heavy atom. The highest BCUT2D eigenvalue weighted by Gasteiger charge is 2.41. The second kappa shape index (κ2) is 11.0. The molecule has 160 valence electrons. The first-order valence-electron chi connectivity index (χ1n) is 11.0. The molecule has 0 heterocycles. The van der Waals surface area contributed by atoms with Crippen molar-refractivity contribution >= 4 is 25.5 Å². The molecule has 2 rings (SSSR count). The highest BCUT2D eigenvalue weighted by atomic mass is 35.5. The Bertz CT molecular complexity index is 851. The summed E-state index contributed by atoms with van der Waals surface area (Å²) in [6.45, 7) is 14.0. The van der Waals surface area contributed by atoms with Crippen molar-refractivity contribution in [3.63, 3.8) is 0 Å². The fraction of sp³-hybridized carbons (Fsp3) is 0.444. The minimum absolute atomic E-state index is 0.0701. The van der Waals surface area contributed by atoms with Gasteiger partial charge in [0, 0.05) is 29.3 Å². The van der Waals surface area contributed by atoms with Crippen LogP contribution in [0.5, 0.6) is 0 Å². The van der Waals surface area contributed by atoms with Gasteiger partial charge in [0.05, 0.1) is 0 Å². The fourth-order valence-electron chi connectivity index (χ4n) is 4.77. The third kappa shape index (κ3) is 5.87. The highest BCUT2D eigenvalue weighted by molar-refractivity contribution is 6.90. The number of hydrogen-bond donors (Lipinski definition) is 0. The smallest absolute Gasteiger partial charge is 0.163 e. The number of hydrogen-bond acceptors (Lipinski definition) is 1. The summed E-state index contributed by atoms with van der Waals surface area (Å²) in [7, 11) is -1.78. The number of Topliss-reactive ketones (excluding diaryl/α,β-unsaturated/α-hetero) is 1. The first-order valence-corrected chi connectivity index (χ1v) is 13.6. The van der Waals surface area contributed by atoms with E-state index in [1.807, 2.05) is 54.6 Å². The molecule has 0 aliphatic heterocycles. The average molecular weight is 439 g/mol. The van der Waals surface area contributed by atoms with Crippen LogP contribution < -0.4 is 0 Å². The predicted octanol–water partition coefficient (Wildman–Crippen LogP) is 8.31. The van der Waals surface area contributed by atoms with Crippen LogP contribution in [0.3, 0.4) is 0 Å². The van der Waals surface area contributed by atoms with Gasteiger partial charge in [-0.05, 0) is 34.3 Å². The van der Waals surface area contributed by atoms with Crippen LogP contribution in [0.15, 0.2) is 54.6 Å². The van der Waals surface area contributed by atoms with E-state index in [1.165, 1.54) is 0 Å². The van der Waals surface area contributed by atoms with Gasteiger partial charge >= 0.3 is 0 Å². The molecule has 2 aromatic carbocycles. The van der Waals surface area contributed by atoms with Gasteiger partial charge in [0.25, 0.3) is 0 Å². The molecule has 3 heteroatoms. The lowest BCUT2D eigenvalue weighted by Crippen LogP contribution is -2.43. The first-order chi connectivity index (χ1) is 14.2. The average Bonchev–Trinajstić information content (AvgIpc) is 2.70. The number of carbonyl (C=O) groups is 1. The monoisotopic (exact) mass is 438 g/mol. The van der Waals surface area contributed by atoms with Crippen molar-refractivity contribution in [3.05, 3.63) is 70.7 Å². The Hall–Kier alpha value is -1.82. The molecule has 0 fully saturated rings. The van der Waals surface area contributed by atoms with Gasteiger partial charge in [-0.3, -0.25) is 4.79 Å². The summed E-state index contributed by atoms with van der Waals surface area (Å²) in [4.78, 5) is 12.9. The molecule has 1 atom stereocenters. The molecule has 0 aliphatic rings. The van der Waals surface area contributed by atoms with Crippen molar-refractivity contribution in [2.75, 3.05) is 0 Å². The van der Waals surface area contributed by atoms with Gasteiger partial charge in [0.1, 0.15) is 8.07 Å². The summed E-state index contributed by atoms with van der Waals surface area (Å²) in [5.74, 6) is 3.80. The van der Waals surface area contributed by atoms with Gasteiger partial charge in [0.15, 0.2) is 5.78 Å². The van der Waals surface area contributed by atoms with E-state index < -0.39 is 8.07 Å². The molecule has 0 aliphatic carbocycles. The van der Waals surface area contributed by atoms with Crippen molar-refractivity contribution < 1.29 is 4.79 Å². The van der Waals surface area contributed by atoms with Crippen molar-refractivity contribution in [2.24, 2.45) is 0 Å². The number of carbonyl (C=O) groups excluding carboxylic acids is 1. The second-order valence-corrected chi connectivity index (χ2v) is 15.2. The maximum atomic E-state index is 12.9. The molecule has 0 saturated carbocycles. The van der Waals surface area contributed by atoms with Crippen LogP contribution in [-0.2, 0) is 0 Å². The number of ketones is 1. The van der Waals surface area contributed by atoms with E-state index in [-0.39, 0.29) is 11.7 Å². The summed E-state index contributed by atoms with van der Waals surface area (Å²) in [5, 5.41) is 0.712. The molecular weight excluding hydrogens is 404 g/mol. The molecule has 0 N–H and O–H groups in total. The molecule has 0 spiro atoms. The molecule has 0 bridgehead atoms. The highest BCUT2D eigenvalue weighted by Crippen LogP contribution is 2.41. The zero-order valence-corrected chi connectivity index (χ0v) is 21.0. The number of benzene rings is 2. The van der Waals surface area contributed by atoms with Gasteiger partial charge in [-0.1, -0.05) is 95.6 Å². The molecule has 30 heavy (non-hydrogen) atoms. The van der Waals surface area contributed by atoms with E-state index in [4.69, 9.17) is 11.6 Å². The van der Waals surface area contributed by atoms with Gasteiger partial charge in [-0.2, -0.15) is 0 Å². The molecular formula is C27H35ClOSi. The Labute approximate surface area is 189 Å². The summed E-state index contributed by atoms with van der Waals surface area (Å²) < 4.78 is 0. The van der Waals surface area contributed by atoms with Crippen molar-refractivity contribution in [3.8, 4) is 11.5 Å². The maximum absolute atomic E-state index is 12.9. The van der Waals surface area contributed by atoms with Gasteiger partial charge < -0.3 is 0 Å². The first kappa shape index (κ1) is 24.4. The van der Waals surface area contributed by atoms with Crippen LogP contribution in [0.2, 0.25) is 21.6 Å². The predicted molar refractivity (Wildman–Crippen MR) is 133 cm³/mol. The Balaban J connectivity index is 2.33. The zero-order valence-electron chi connectivity index (χ0n) is 19.2. The van der Waals surface area contributed by atoms with E-state index in [1.54, 1.807) is 0 Å². The summed E-state index contributed by atoms with van der Waals surface area (Å²) in [6.07, 6.45) is 1.15. The molecule has 0 amide bonds. The topological polar surface area (TPSA) is 17.1 Å². The van der Waals surface area contributed by atoms with Crippen LogP contribution in [0.4, 0.5) is 0 Å². The SMILES string of the molecule is CC(C)[Si](C#CCC(CC(=O)c1ccccc1)c1ccc(Cl)cc1)(C(C)C)C(C)C. The molecule has 0 saturated heterocycles. The van der Waals surface area contributed by atoms with Crippen LogP contribution in [-0.4, -0.2) is 13.9 Å². The minimum Gasteiger partial charge on any atom is -0.294 e. The van der Waals surface area contributed by atoms with Gasteiger partial charge in [0.2, 0.25) is 0 Å². The van der Waals surface area contributed by atoms with E-state index in [9.17, 15) is 4.79 Å². The second-order valence-electron chi connectivity index (χ2n) is 9.14.